The SMILES string of the molecule is Cc1cnc(NC(=O)Nc2ccc(Cl)cc2OC[C@@H]2CNCCO2)cn1. The summed E-state index contributed by atoms with van der Waals surface area (Å²) in [6.07, 6.45) is 3.01. The molecule has 0 radical (unpaired) electrons. The average molecular weight is 378 g/mol. The highest BCUT2D eigenvalue weighted by atomic mass is 35.5. The fraction of sp³-hybridized carbons (Fsp3) is 0.353. The lowest BCUT2D eigenvalue weighted by molar-refractivity contribution is 0.000352. The highest BCUT2D eigenvalue weighted by Crippen LogP contribution is 2.28. The van der Waals surface area contributed by atoms with Gasteiger partial charge >= 0.3 is 6.03 Å². The van der Waals surface area contributed by atoms with E-state index < -0.39 is 6.03 Å². The maximum atomic E-state index is 12.2. The molecule has 2 aromatic rings. The van der Waals surface area contributed by atoms with Gasteiger partial charge in [-0.1, -0.05) is 11.6 Å². The van der Waals surface area contributed by atoms with Crippen molar-refractivity contribution in [2.45, 2.75) is 13.0 Å². The van der Waals surface area contributed by atoms with Crippen molar-refractivity contribution in [3.63, 3.8) is 0 Å². The standard InChI is InChI=1S/C17H20ClN5O3/c1-11-7-21-16(9-20-11)23-17(24)22-14-3-2-12(18)6-15(14)26-10-13-8-19-4-5-25-13/h2-3,6-7,9,13,19H,4-5,8,10H2,1H3,(H2,21,22,23,24)/t13-/m0/s1. The number of rotatable bonds is 5. The zero-order valence-corrected chi connectivity index (χ0v) is 15.0. The van der Waals surface area contributed by atoms with E-state index in [1.807, 2.05) is 6.92 Å². The molecule has 1 aromatic carbocycles. The number of nitrogens with one attached hydrogen (secondary N) is 3. The number of carbonyl (C=O) groups excluding carboxylic acids is 1. The number of aromatic nitrogens is 2. The van der Waals surface area contributed by atoms with Gasteiger partial charge in [-0.05, 0) is 19.1 Å². The summed E-state index contributed by atoms with van der Waals surface area (Å²) in [5.41, 5.74) is 1.26. The molecule has 3 rings (SSSR count). The normalized spacial score (nSPS) is 16.8. The first-order valence-electron chi connectivity index (χ1n) is 8.21. The molecule has 9 heteroatoms. The third-order valence-electron chi connectivity index (χ3n) is 3.64. The zero-order valence-electron chi connectivity index (χ0n) is 14.3. The Morgan fingerprint density at radius 3 is 3.00 bits per heavy atom. The molecule has 8 nitrogen and oxygen atoms in total. The Labute approximate surface area is 156 Å². The highest BCUT2D eigenvalue weighted by molar-refractivity contribution is 6.30. The Balaban J connectivity index is 1.62. The maximum absolute atomic E-state index is 12.2. The van der Waals surface area contributed by atoms with Gasteiger partial charge in [-0.15, -0.1) is 0 Å². The van der Waals surface area contributed by atoms with Crippen LogP contribution in [0.1, 0.15) is 5.69 Å². The maximum Gasteiger partial charge on any atom is 0.324 e. The minimum absolute atomic E-state index is 0.0489. The molecule has 1 aliphatic heterocycles. The van der Waals surface area contributed by atoms with Crippen molar-refractivity contribution < 1.29 is 14.3 Å². The molecule has 3 N–H and O–H groups in total. The predicted molar refractivity (Wildman–Crippen MR) is 99.0 cm³/mol. The Morgan fingerprint density at radius 1 is 1.38 bits per heavy atom. The summed E-state index contributed by atoms with van der Waals surface area (Å²) in [7, 11) is 0. The van der Waals surface area contributed by atoms with Crippen molar-refractivity contribution in [3.05, 3.63) is 41.3 Å². The molecule has 2 heterocycles. The third kappa shape index (κ3) is 5.29. The monoisotopic (exact) mass is 377 g/mol. The second-order valence-electron chi connectivity index (χ2n) is 5.77. The van der Waals surface area contributed by atoms with Crippen molar-refractivity contribution >= 4 is 29.1 Å². The number of ether oxygens (including phenoxy) is 2. The van der Waals surface area contributed by atoms with E-state index >= 15 is 0 Å². The smallest absolute Gasteiger partial charge is 0.324 e. The molecule has 1 aliphatic rings. The summed E-state index contributed by atoms with van der Waals surface area (Å²) in [6, 6.07) is 4.55. The van der Waals surface area contributed by atoms with E-state index in [-0.39, 0.29) is 6.10 Å². The van der Waals surface area contributed by atoms with Crippen LogP contribution in [0.3, 0.4) is 0 Å². The number of amides is 2. The Bertz CT molecular complexity index is 751. The Kier molecular flexibility index (Phi) is 6.21. The van der Waals surface area contributed by atoms with Gasteiger partial charge in [-0.25, -0.2) is 9.78 Å². The van der Waals surface area contributed by atoms with Gasteiger partial charge in [0.2, 0.25) is 0 Å². The molecular formula is C17H20ClN5O3. The number of carbonyl (C=O) groups is 1. The summed E-state index contributed by atoms with van der Waals surface area (Å²) in [5, 5.41) is 9.10. The zero-order chi connectivity index (χ0) is 18.4. The quantitative estimate of drug-likeness (QED) is 0.740. The topological polar surface area (TPSA) is 97.4 Å². The van der Waals surface area contributed by atoms with E-state index in [0.717, 1.165) is 18.8 Å². The molecule has 1 fully saturated rings. The van der Waals surface area contributed by atoms with Gasteiger partial charge in [0, 0.05) is 24.2 Å². The van der Waals surface area contributed by atoms with Crippen LogP contribution >= 0.6 is 11.6 Å². The van der Waals surface area contributed by atoms with Gasteiger partial charge in [0.25, 0.3) is 0 Å². The Morgan fingerprint density at radius 2 is 2.27 bits per heavy atom. The number of aryl methyl sites for hydroxylation is 1. The van der Waals surface area contributed by atoms with Crippen LogP contribution in [-0.2, 0) is 4.74 Å². The van der Waals surface area contributed by atoms with Crippen molar-refractivity contribution in [2.24, 2.45) is 0 Å². The van der Waals surface area contributed by atoms with E-state index in [2.05, 4.69) is 25.9 Å². The third-order valence-corrected chi connectivity index (χ3v) is 3.88. The lowest BCUT2D eigenvalue weighted by Gasteiger charge is -2.24. The van der Waals surface area contributed by atoms with Crippen LogP contribution in [-0.4, -0.2) is 48.4 Å². The van der Waals surface area contributed by atoms with Crippen molar-refractivity contribution in [3.8, 4) is 5.75 Å². The van der Waals surface area contributed by atoms with E-state index in [1.54, 1.807) is 24.4 Å². The number of anilines is 2. The van der Waals surface area contributed by atoms with E-state index in [4.69, 9.17) is 21.1 Å². The number of morpholine rings is 1. The molecule has 1 aromatic heterocycles. The largest absolute Gasteiger partial charge is 0.489 e. The van der Waals surface area contributed by atoms with Crippen LogP contribution in [0.4, 0.5) is 16.3 Å². The fourth-order valence-electron chi connectivity index (χ4n) is 2.36. The summed E-state index contributed by atoms with van der Waals surface area (Å²) in [4.78, 5) is 20.4. The van der Waals surface area contributed by atoms with Crippen LogP contribution in [0.25, 0.3) is 0 Å². The highest BCUT2D eigenvalue weighted by Gasteiger charge is 2.16. The van der Waals surface area contributed by atoms with Crippen LogP contribution < -0.4 is 20.7 Å². The van der Waals surface area contributed by atoms with Gasteiger partial charge in [0.1, 0.15) is 18.5 Å². The first-order chi connectivity index (χ1) is 12.6. The minimum Gasteiger partial charge on any atom is -0.489 e. The van der Waals surface area contributed by atoms with E-state index in [1.165, 1.54) is 6.20 Å². The number of nitrogens with zero attached hydrogens (tertiary/aromatic N) is 2. The summed E-state index contributed by atoms with van der Waals surface area (Å²) < 4.78 is 11.4. The predicted octanol–water partition coefficient (Wildman–Crippen LogP) is 2.45. The number of urea groups is 1. The van der Waals surface area contributed by atoms with Crippen molar-refractivity contribution in [1.82, 2.24) is 15.3 Å². The molecule has 138 valence electrons. The summed E-state index contributed by atoms with van der Waals surface area (Å²) in [5.74, 6) is 0.822. The second kappa shape index (κ2) is 8.79. The number of hydrogen-bond donors (Lipinski definition) is 3. The van der Waals surface area contributed by atoms with Gasteiger partial charge < -0.3 is 20.1 Å². The van der Waals surface area contributed by atoms with Crippen molar-refractivity contribution in [2.75, 3.05) is 36.9 Å². The molecule has 0 saturated carbocycles. The lowest BCUT2D eigenvalue weighted by Crippen LogP contribution is -2.41. The molecule has 1 atom stereocenters. The number of halogens is 1. The lowest BCUT2D eigenvalue weighted by atomic mass is 10.3. The second-order valence-corrected chi connectivity index (χ2v) is 6.21. The van der Waals surface area contributed by atoms with Crippen LogP contribution in [0.2, 0.25) is 5.02 Å². The molecular weight excluding hydrogens is 358 g/mol. The molecule has 2 amide bonds. The van der Waals surface area contributed by atoms with Crippen LogP contribution in [0, 0.1) is 6.92 Å². The van der Waals surface area contributed by atoms with Gasteiger partial charge in [-0.2, -0.15) is 0 Å². The summed E-state index contributed by atoms with van der Waals surface area (Å²) in [6.45, 7) is 4.37. The first-order valence-corrected chi connectivity index (χ1v) is 8.59. The molecule has 0 bridgehead atoms. The number of benzene rings is 1. The van der Waals surface area contributed by atoms with Crippen LogP contribution in [0.15, 0.2) is 30.6 Å². The van der Waals surface area contributed by atoms with E-state index in [9.17, 15) is 4.79 Å². The fourth-order valence-corrected chi connectivity index (χ4v) is 2.52. The molecule has 0 unspecified atom stereocenters. The summed E-state index contributed by atoms with van der Waals surface area (Å²) >= 11 is 6.05. The molecule has 26 heavy (non-hydrogen) atoms. The van der Waals surface area contributed by atoms with E-state index in [0.29, 0.717) is 35.5 Å². The first kappa shape index (κ1) is 18.4. The average Bonchev–Trinajstić information content (AvgIpc) is 2.64. The van der Waals surface area contributed by atoms with Gasteiger partial charge in [-0.3, -0.25) is 10.3 Å². The van der Waals surface area contributed by atoms with Crippen LogP contribution in [0.5, 0.6) is 5.75 Å². The van der Waals surface area contributed by atoms with Gasteiger partial charge in [0.05, 0.1) is 30.4 Å². The molecule has 1 saturated heterocycles. The van der Waals surface area contributed by atoms with Gasteiger partial charge in [0.15, 0.2) is 5.82 Å². The molecule has 0 aliphatic carbocycles. The number of hydrogen-bond acceptors (Lipinski definition) is 6. The Hall–Kier alpha value is -2.42. The van der Waals surface area contributed by atoms with Crippen molar-refractivity contribution in [1.29, 1.82) is 0 Å². The molecule has 0 spiro atoms. The minimum atomic E-state index is -0.453.